The van der Waals surface area contributed by atoms with E-state index in [0.29, 0.717) is 5.92 Å². The summed E-state index contributed by atoms with van der Waals surface area (Å²) in [5.41, 5.74) is 2.00. The van der Waals surface area contributed by atoms with Crippen molar-refractivity contribution in [1.82, 2.24) is 5.32 Å². The first kappa shape index (κ1) is 15.7. The number of rotatable bonds is 6. The van der Waals surface area contributed by atoms with Crippen molar-refractivity contribution in [1.29, 1.82) is 0 Å². The molecule has 0 aliphatic heterocycles. The first-order valence-electron chi connectivity index (χ1n) is 6.16. The third-order valence-corrected chi connectivity index (χ3v) is 2.70. The van der Waals surface area contributed by atoms with E-state index in [-0.39, 0.29) is 18.7 Å². The van der Waals surface area contributed by atoms with Crippen molar-refractivity contribution >= 4 is 5.78 Å². The molecule has 0 saturated heterocycles. The Bertz CT molecular complexity index is 410. The van der Waals surface area contributed by atoms with Crippen LogP contribution in [-0.2, 0) is 11.2 Å². The van der Waals surface area contributed by atoms with E-state index >= 15 is 0 Å². The maximum Gasteiger partial charge on any atom is 0.401 e. The molecule has 0 unspecified atom stereocenters. The third-order valence-electron chi connectivity index (χ3n) is 2.70. The second kappa shape index (κ2) is 6.70. The van der Waals surface area contributed by atoms with Crippen LogP contribution >= 0.6 is 0 Å². The summed E-state index contributed by atoms with van der Waals surface area (Å²) in [5.74, 6) is 0.166. The van der Waals surface area contributed by atoms with Gasteiger partial charge in [0.15, 0.2) is 5.78 Å². The Balaban J connectivity index is 2.40. The number of halogens is 3. The molecule has 0 radical (unpaired) electrons. The highest BCUT2D eigenvalue weighted by molar-refractivity contribution is 5.82. The molecule has 106 valence electrons. The topological polar surface area (TPSA) is 29.1 Å². The maximum atomic E-state index is 11.9. The Morgan fingerprint density at radius 3 is 2.26 bits per heavy atom. The van der Waals surface area contributed by atoms with Crippen molar-refractivity contribution in [3.05, 3.63) is 35.4 Å². The number of Topliss-reactive ketones (excluding diaryl/α,β-unsaturated/α-hetero) is 1. The Hall–Kier alpha value is -1.36. The Kier molecular flexibility index (Phi) is 5.54. The van der Waals surface area contributed by atoms with Gasteiger partial charge >= 0.3 is 6.18 Å². The average molecular weight is 273 g/mol. The first-order valence-corrected chi connectivity index (χ1v) is 6.16. The van der Waals surface area contributed by atoms with Crippen LogP contribution < -0.4 is 5.32 Å². The lowest BCUT2D eigenvalue weighted by Gasteiger charge is -2.08. The monoisotopic (exact) mass is 273 g/mol. The van der Waals surface area contributed by atoms with E-state index in [1.54, 1.807) is 0 Å². The standard InChI is InChI=1S/C14H18F3NO/c1-10(2)12-5-3-11(4-6-12)7-13(19)8-18-9-14(15,16)17/h3-6,10,18H,7-9H2,1-2H3. The van der Waals surface area contributed by atoms with Crippen molar-refractivity contribution in [3.8, 4) is 0 Å². The molecule has 0 fully saturated rings. The van der Waals surface area contributed by atoms with Gasteiger partial charge in [-0.2, -0.15) is 13.2 Å². The van der Waals surface area contributed by atoms with Gasteiger partial charge in [-0.25, -0.2) is 0 Å². The molecule has 1 aromatic rings. The molecule has 0 atom stereocenters. The molecule has 0 heterocycles. The summed E-state index contributed by atoms with van der Waals surface area (Å²) in [6.45, 7) is 2.75. The van der Waals surface area contributed by atoms with Crippen LogP contribution in [0.15, 0.2) is 24.3 Å². The van der Waals surface area contributed by atoms with Crippen molar-refractivity contribution in [3.63, 3.8) is 0 Å². The predicted octanol–water partition coefficient (Wildman–Crippen LogP) is 3.07. The summed E-state index contributed by atoms with van der Waals surface area (Å²) in [4.78, 5) is 11.5. The molecule has 1 rings (SSSR count). The van der Waals surface area contributed by atoms with Gasteiger partial charge in [0.25, 0.3) is 0 Å². The van der Waals surface area contributed by atoms with Gasteiger partial charge in [-0.3, -0.25) is 4.79 Å². The fourth-order valence-electron chi connectivity index (χ4n) is 1.65. The van der Waals surface area contributed by atoms with Gasteiger partial charge in [0, 0.05) is 6.42 Å². The predicted molar refractivity (Wildman–Crippen MR) is 68.2 cm³/mol. The zero-order chi connectivity index (χ0) is 14.5. The van der Waals surface area contributed by atoms with Crippen LogP contribution in [0.5, 0.6) is 0 Å². The zero-order valence-electron chi connectivity index (χ0n) is 11.1. The maximum absolute atomic E-state index is 11.9. The summed E-state index contributed by atoms with van der Waals surface area (Å²) < 4.78 is 35.6. The highest BCUT2D eigenvalue weighted by Crippen LogP contribution is 2.15. The molecule has 0 aliphatic carbocycles. The fraction of sp³-hybridized carbons (Fsp3) is 0.500. The molecule has 0 aromatic heterocycles. The van der Waals surface area contributed by atoms with Crippen molar-refractivity contribution in [2.75, 3.05) is 13.1 Å². The molecule has 19 heavy (non-hydrogen) atoms. The van der Waals surface area contributed by atoms with E-state index in [4.69, 9.17) is 0 Å². The van der Waals surface area contributed by atoms with Crippen LogP contribution in [0.3, 0.4) is 0 Å². The summed E-state index contributed by atoms with van der Waals surface area (Å²) in [6, 6.07) is 7.57. The van der Waals surface area contributed by atoms with Gasteiger partial charge in [0.2, 0.25) is 0 Å². The molecule has 1 N–H and O–H groups in total. The summed E-state index contributed by atoms with van der Waals surface area (Å²) >= 11 is 0. The van der Waals surface area contributed by atoms with E-state index in [0.717, 1.165) is 5.56 Å². The Morgan fingerprint density at radius 2 is 1.79 bits per heavy atom. The van der Waals surface area contributed by atoms with Crippen LogP contribution in [0.1, 0.15) is 30.9 Å². The van der Waals surface area contributed by atoms with Crippen molar-refractivity contribution < 1.29 is 18.0 Å². The molecule has 0 bridgehead atoms. The molecule has 0 saturated carbocycles. The van der Waals surface area contributed by atoms with Gasteiger partial charge < -0.3 is 5.32 Å². The third kappa shape index (κ3) is 6.38. The molecule has 0 aliphatic rings. The van der Waals surface area contributed by atoms with Crippen LogP contribution in [0, 0.1) is 0 Å². The number of carbonyl (C=O) groups excluding carboxylic acids is 1. The second-order valence-electron chi connectivity index (χ2n) is 4.83. The zero-order valence-corrected chi connectivity index (χ0v) is 11.1. The lowest BCUT2D eigenvalue weighted by atomic mass is 10.00. The fourth-order valence-corrected chi connectivity index (χ4v) is 1.65. The smallest absolute Gasteiger partial charge is 0.302 e. The number of alkyl halides is 3. The lowest BCUT2D eigenvalue weighted by Crippen LogP contribution is -2.33. The summed E-state index contributed by atoms with van der Waals surface area (Å²) in [5, 5.41) is 2.10. The van der Waals surface area contributed by atoms with Crippen LogP contribution in [-0.4, -0.2) is 25.0 Å². The molecular weight excluding hydrogens is 255 g/mol. The average Bonchev–Trinajstić information content (AvgIpc) is 2.27. The second-order valence-corrected chi connectivity index (χ2v) is 4.83. The van der Waals surface area contributed by atoms with Crippen LogP contribution in [0.4, 0.5) is 13.2 Å². The Morgan fingerprint density at radius 1 is 1.21 bits per heavy atom. The normalized spacial score (nSPS) is 11.9. The van der Waals surface area contributed by atoms with E-state index in [2.05, 4.69) is 19.2 Å². The number of hydrogen-bond acceptors (Lipinski definition) is 2. The minimum absolute atomic E-state index is 0.156. The van der Waals surface area contributed by atoms with E-state index < -0.39 is 12.7 Å². The summed E-state index contributed by atoms with van der Waals surface area (Å²) in [6.07, 6.45) is -4.12. The number of benzene rings is 1. The molecule has 0 amide bonds. The SMILES string of the molecule is CC(C)c1ccc(CC(=O)CNCC(F)(F)F)cc1. The molecular formula is C14H18F3NO. The minimum Gasteiger partial charge on any atom is -0.302 e. The van der Waals surface area contributed by atoms with E-state index in [9.17, 15) is 18.0 Å². The minimum atomic E-state index is -4.28. The van der Waals surface area contributed by atoms with Gasteiger partial charge in [-0.05, 0) is 17.0 Å². The highest BCUT2D eigenvalue weighted by atomic mass is 19.4. The van der Waals surface area contributed by atoms with Crippen molar-refractivity contribution in [2.24, 2.45) is 0 Å². The number of ketones is 1. The van der Waals surface area contributed by atoms with Gasteiger partial charge in [0.1, 0.15) is 0 Å². The highest BCUT2D eigenvalue weighted by Gasteiger charge is 2.26. The summed E-state index contributed by atoms with van der Waals surface area (Å²) in [7, 11) is 0. The van der Waals surface area contributed by atoms with E-state index in [1.165, 1.54) is 5.56 Å². The molecule has 5 heteroatoms. The molecule has 1 aromatic carbocycles. The van der Waals surface area contributed by atoms with E-state index in [1.807, 2.05) is 24.3 Å². The van der Waals surface area contributed by atoms with Crippen LogP contribution in [0.2, 0.25) is 0 Å². The van der Waals surface area contributed by atoms with Crippen molar-refractivity contribution in [2.45, 2.75) is 32.4 Å². The largest absolute Gasteiger partial charge is 0.401 e. The quantitative estimate of drug-likeness (QED) is 0.863. The van der Waals surface area contributed by atoms with Gasteiger partial charge in [-0.1, -0.05) is 38.1 Å². The number of hydrogen-bond donors (Lipinski definition) is 1. The van der Waals surface area contributed by atoms with Gasteiger partial charge in [-0.15, -0.1) is 0 Å². The molecule has 0 spiro atoms. The Labute approximate surface area is 111 Å². The first-order chi connectivity index (χ1) is 8.78. The number of nitrogens with one attached hydrogen (secondary N) is 1. The van der Waals surface area contributed by atoms with Crippen LogP contribution in [0.25, 0.3) is 0 Å². The lowest BCUT2D eigenvalue weighted by molar-refractivity contribution is -0.127. The molecule has 2 nitrogen and oxygen atoms in total. The number of carbonyl (C=O) groups is 1. The van der Waals surface area contributed by atoms with Gasteiger partial charge in [0.05, 0.1) is 13.1 Å².